The Labute approximate surface area is 99.2 Å². The number of primary amides is 1. The van der Waals surface area contributed by atoms with E-state index in [1.807, 2.05) is 0 Å². The predicted molar refractivity (Wildman–Crippen MR) is 59.2 cm³/mol. The number of nitrogens with zero attached hydrogens (tertiary/aromatic N) is 2. The van der Waals surface area contributed by atoms with E-state index in [2.05, 4.69) is 0 Å². The lowest BCUT2D eigenvalue weighted by Gasteiger charge is -2.35. The lowest BCUT2D eigenvalue weighted by molar-refractivity contribution is -0.137. The highest BCUT2D eigenvalue weighted by Gasteiger charge is 2.32. The Morgan fingerprint density at radius 3 is 2.59 bits per heavy atom. The van der Waals surface area contributed by atoms with Crippen molar-refractivity contribution in [1.82, 2.24) is 9.80 Å². The SMILES string of the molecule is CN(CC(=O)O)C(=O)N1CCCCC1C(N)=O. The van der Waals surface area contributed by atoms with Crippen LogP contribution in [0.4, 0.5) is 4.79 Å². The van der Waals surface area contributed by atoms with Crippen LogP contribution >= 0.6 is 0 Å². The predicted octanol–water partition coefficient (Wildman–Crippen LogP) is -0.537. The van der Waals surface area contributed by atoms with Crippen LogP contribution in [0.3, 0.4) is 0 Å². The van der Waals surface area contributed by atoms with E-state index in [4.69, 9.17) is 10.8 Å². The number of amides is 3. The van der Waals surface area contributed by atoms with Gasteiger partial charge in [0.25, 0.3) is 0 Å². The van der Waals surface area contributed by atoms with Gasteiger partial charge in [0, 0.05) is 13.6 Å². The van der Waals surface area contributed by atoms with Gasteiger partial charge < -0.3 is 20.6 Å². The number of carbonyl (C=O) groups is 3. The maximum absolute atomic E-state index is 11.9. The number of carboxylic acids is 1. The lowest BCUT2D eigenvalue weighted by atomic mass is 10.0. The van der Waals surface area contributed by atoms with Crippen LogP contribution in [0.25, 0.3) is 0 Å². The minimum Gasteiger partial charge on any atom is -0.480 e. The Morgan fingerprint density at radius 2 is 2.06 bits per heavy atom. The Hall–Kier alpha value is -1.79. The van der Waals surface area contributed by atoms with Crippen molar-refractivity contribution in [3.8, 4) is 0 Å². The number of hydrogen-bond acceptors (Lipinski definition) is 3. The smallest absolute Gasteiger partial charge is 0.323 e. The van der Waals surface area contributed by atoms with Crippen LogP contribution in [0.5, 0.6) is 0 Å². The van der Waals surface area contributed by atoms with E-state index in [1.165, 1.54) is 11.9 Å². The van der Waals surface area contributed by atoms with Crippen molar-refractivity contribution in [3.05, 3.63) is 0 Å². The molecule has 0 bridgehead atoms. The van der Waals surface area contributed by atoms with Crippen molar-refractivity contribution in [1.29, 1.82) is 0 Å². The van der Waals surface area contributed by atoms with Gasteiger partial charge in [-0.05, 0) is 19.3 Å². The molecule has 3 amide bonds. The summed E-state index contributed by atoms with van der Waals surface area (Å²) in [5, 5.41) is 8.60. The van der Waals surface area contributed by atoms with E-state index >= 15 is 0 Å². The molecule has 1 saturated heterocycles. The van der Waals surface area contributed by atoms with Crippen molar-refractivity contribution in [2.24, 2.45) is 5.73 Å². The molecule has 7 heteroatoms. The zero-order valence-corrected chi connectivity index (χ0v) is 9.76. The normalized spacial score (nSPS) is 19.8. The first-order valence-corrected chi connectivity index (χ1v) is 5.46. The van der Waals surface area contributed by atoms with E-state index in [1.54, 1.807) is 0 Å². The molecule has 0 aliphatic carbocycles. The summed E-state index contributed by atoms with van der Waals surface area (Å²) in [5.41, 5.74) is 5.23. The molecule has 17 heavy (non-hydrogen) atoms. The molecule has 0 spiro atoms. The second-order valence-electron chi connectivity index (χ2n) is 4.14. The fourth-order valence-corrected chi connectivity index (χ4v) is 1.95. The zero-order valence-electron chi connectivity index (χ0n) is 9.76. The minimum atomic E-state index is -1.09. The number of nitrogens with two attached hydrogens (primary N) is 1. The van der Waals surface area contributed by atoms with Crippen LogP contribution in [0.15, 0.2) is 0 Å². The Bertz CT molecular complexity index is 332. The van der Waals surface area contributed by atoms with Crippen LogP contribution < -0.4 is 5.73 Å². The molecule has 1 aliphatic rings. The third-order valence-electron chi connectivity index (χ3n) is 2.78. The molecule has 1 aliphatic heterocycles. The summed E-state index contributed by atoms with van der Waals surface area (Å²) in [6, 6.07) is -1.08. The largest absolute Gasteiger partial charge is 0.480 e. The summed E-state index contributed by atoms with van der Waals surface area (Å²) in [5.74, 6) is -1.63. The Kier molecular flexibility index (Phi) is 4.30. The Balaban J connectivity index is 2.70. The van der Waals surface area contributed by atoms with Gasteiger partial charge in [-0.1, -0.05) is 0 Å². The standard InChI is InChI=1S/C10H17N3O4/c1-12(6-8(14)15)10(17)13-5-3-2-4-7(13)9(11)16/h7H,2-6H2,1H3,(H2,11,16)(H,14,15). The van der Waals surface area contributed by atoms with E-state index in [9.17, 15) is 14.4 Å². The molecule has 0 aromatic heterocycles. The number of hydrogen-bond donors (Lipinski definition) is 2. The highest BCUT2D eigenvalue weighted by molar-refractivity contribution is 5.87. The molecule has 3 N–H and O–H groups in total. The van der Waals surface area contributed by atoms with E-state index in [0.29, 0.717) is 13.0 Å². The molecular weight excluding hydrogens is 226 g/mol. The minimum absolute atomic E-state index is 0.388. The summed E-state index contributed by atoms with van der Waals surface area (Å²) in [4.78, 5) is 36.1. The van der Waals surface area contributed by atoms with E-state index < -0.39 is 23.9 Å². The zero-order chi connectivity index (χ0) is 13.0. The van der Waals surface area contributed by atoms with E-state index in [0.717, 1.165) is 17.7 Å². The molecule has 1 rings (SSSR count). The molecule has 1 heterocycles. The van der Waals surface area contributed by atoms with E-state index in [-0.39, 0.29) is 6.54 Å². The topological polar surface area (TPSA) is 104 Å². The summed E-state index contributed by atoms with van der Waals surface area (Å²) >= 11 is 0. The fraction of sp³-hybridized carbons (Fsp3) is 0.700. The number of urea groups is 1. The first-order chi connectivity index (χ1) is 7.93. The summed E-state index contributed by atoms with van der Waals surface area (Å²) < 4.78 is 0. The average Bonchev–Trinajstić information content (AvgIpc) is 2.27. The Morgan fingerprint density at radius 1 is 1.41 bits per heavy atom. The van der Waals surface area contributed by atoms with Gasteiger partial charge in [-0.3, -0.25) is 9.59 Å². The van der Waals surface area contributed by atoms with Crippen molar-refractivity contribution in [2.75, 3.05) is 20.1 Å². The van der Waals surface area contributed by atoms with Crippen molar-refractivity contribution >= 4 is 17.9 Å². The highest BCUT2D eigenvalue weighted by Crippen LogP contribution is 2.18. The number of rotatable bonds is 3. The average molecular weight is 243 g/mol. The van der Waals surface area contributed by atoms with Crippen LogP contribution in [-0.4, -0.2) is 59.0 Å². The fourth-order valence-electron chi connectivity index (χ4n) is 1.95. The number of likely N-dealkylation sites (N-methyl/N-ethyl adjacent to an activating group) is 1. The first-order valence-electron chi connectivity index (χ1n) is 5.46. The molecule has 0 aromatic rings. The van der Waals surface area contributed by atoms with Gasteiger partial charge in [0.1, 0.15) is 12.6 Å². The van der Waals surface area contributed by atoms with Crippen LogP contribution in [0.1, 0.15) is 19.3 Å². The van der Waals surface area contributed by atoms with Crippen molar-refractivity contribution in [3.63, 3.8) is 0 Å². The number of piperidine rings is 1. The van der Waals surface area contributed by atoms with Crippen LogP contribution in [0.2, 0.25) is 0 Å². The van der Waals surface area contributed by atoms with Gasteiger partial charge in [0.2, 0.25) is 5.91 Å². The number of aliphatic carboxylic acids is 1. The second kappa shape index (κ2) is 5.51. The third-order valence-corrected chi connectivity index (χ3v) is 2.78. The van der Waals surface area contributed by atoms with Gasteiger partial charge in [-0.25, -0.2) is 4.79 Å². The monoisotopic (exact) mass is 243 g/mol. The lowest BCUT2D eigenvalue weighted by Crippen LogP contribution is -2.54. The van der Waals surface area contributed by atoms with Gasteiger partial charge in [0.05, 0.1) is 0 Å². The summed E-state index contributed by atoms with van der Waals surface area (Å²) in [7, 11) is 1.39. The third kappa shape index (κ3) is 3.33. The first kappa shape index (κ1) is 13.3. The molecular formula is C10H17N3O4. The van der Waals surface area contributed by atoms with Crippen molar-refractivity contribution in [2.45, 2.75) is 25.3 Å². The van der Waals surface area contributed by atoms with Gasteiger partial charge >= 0.3 is 12.0 Å². The number of carboxylic acid groups (broad SMARTS) is 1. The number of likely N-dealkylation sites (tertiary alicyclic amines) is 1. The maximum Gasteiger partial charge on any atom is 0.323 e. The quantitative estimate of drug-likeness (QED) is 0.694. The molecule has 0 aromatic carbocycles. The molecule has 0 radical (unpaired) electrons. The highest BCUT2D eigenvalue weighted by atomic mass is 16.4. The van der Waals surface area contributed by atoms with Gasteiger partial charge in [-0.15, -0.1) is 0 Å². The van der Waals surface area contributed by atoms with Crippen LogP contribution in [0, 0.1) is 0 Å². The molecule has 1 atom stereocenters. The molecule has 96 valence electrons. The summed E-state index contributed by atoms with van der Waals surface area (Å²) in [6.45, 7) is 0.0528. The van der Waals surface area contributed by atoms with Gasteiger partial charge in [0.15, 0.2) is 0 Å². The molecule has 1 fully saturated rings. The van der Waals surface area contributed by atoms with Gasteiger partial charge in [-0.2, -0.15) is 0 Å². The molecule has 7 nitrogen and oxygen atoms in total. The maximum atomic E-state index is 11.9. The second-order valence-corrected chi connectivity index (χ2v) is 4.14. The van der Waals surface area contributed by atoms with Crippen LogP contribution in [-0.2, 0) is 9.59 Å². The summed E-state index contributed by atoms with van der Waals surface area (Å²) in [6.07, 6.45) is 2.19. The molecule has 0 saturated carbocycles. The molecule has 1 unspecified atom stereocenters. The van der Waals surface area contributed by atoms with Crippen molar-refractivity contribution < 1.29 is 19.5 Å². The number of carbonyl (C=O) groups excluding carboxylic acids is 2.